The number of rotatable bonds is 3. The van der Waals surface area contributed by atoms with Gasteiger partial charge in [0.05, 0.1) is 0 Å². The molecule has 0 aromatic carbocycles. The molecule has 0 unspecified atom stereocenters. The molecule has 0 aliphatic rings. The number of aromatic nitrogens is 1. The van der Waals surface area contributed by atoms with Crippen molar-refractivity contribution in [1.82, 2.24) is 4.98 Å². The number of nitrogens with one attached hydrogen (secondary N) is 1. The van der Waals surface area contributed by atoms with Crippen molar-refractivity contribution in [2.45, 2.75) is 6.92 Å². The van der Waals surface area contributed by atoms with Crippen LogP contribution in [0.25, 0.3) is 0 Å². The van der Waals surface area contributed by atoms with Crippen LogP contribution in [0.1, 0.15) is 5.56 Å². The van der Waals surface area contributed by atoms with Crippen LogP contribution in [-0.2, 0) is 4.74 Å². The molecule has 0 aliphatic heterocycles. The highest BCUT2D eigenvalue weighted by atomic mass is 16.5. The Hall–Kier alpha value is -1.09. The largest absolute Gasteiger partial charge is 0.365 e. The van der Waals surface area contributed by atoms with E-state index in [1.807, 2.05) is 25.3 Å². The van der Waals surface area contributed by atoms with Crippen molar-refractivity contribution in [2.24, 2.45) is 0 Å². The van der Waals surface area contributed by atoms with Gasteiger partial charge < -0.3 is 10.1 Å². The van der Waals surface area contributed by atoms with Crippen LogP contribution in [-0.4, -0.2) is 18.8 Å². The van der Waals surface area contributed by atoms with Gasteiger partial charge in [-0.15, -0.1) is 0 Å². The summed E-state index contributed by atoms with van der Waals surface area (Å²) in [6.45, 7) is 2.50. The number of pyridine rings is 1. The topological polar surface area (TPSA) is 34.1 Å². The van der Waals surface area contributed by atoms with Crippen LogP contribution in [0.2, 0.25) is 0 Å². The average molecular weight is 152 g/mol. The van der Waals surface area contributed by atoms with Crippen LogP contribution in [0, 0.1) is 6.92 Å². The van der Waals surface area contributed by atoms with Gasteiger partial charge in [-0.3, -0.25) is 0 Å². The third kappa shape index (κ3) is 2.55. The fourth-order valence-electron chi connectivity index (χ4n) is 0.718. The first-order valence-electron chi connectivity index (χ1n) is 3.48. The van der Waals surface area contributed by atoms with Crippen molar-refractivity contribution in [1.29, 1.82) is 0 Å². The first-order valence-corrected chi connectivity index (χ1v) is 3.48. The lowest BCUT2D eigenvalue weighted by atomic mass is 10.3. The number of anilines is 1. The summed E-state index contributed by atoms with van der Waals surface area (Å²) in [6.07, 6.45) is 1.82. The number of hydrogen-bond acceptors (Lipinski definition) is 3. The SMILES string of the molecule is COCNc1ccc(C)cn1. The minimum Gasteiger partial charge on any atom is -0.365 e. The van der Waals surface area contributed by atoms with Crippen molar-refractivity contribution in [2.75, 3.05) is 19.2 Å². The second kappa shape index (κ2) is 3.93. The van der Waals surface area contributed by atoms with Gasteiger partial charge in [0.15, 0.2) is 0 Å². The van der Waals surface area contributed by atoms with Crippen molar-refractivity contribution < 1.29 is 4.74 Å². The van der Waals surface area contributed by atoms with Crippen molar-refractivity contribution in [3.8, 4) is 0 Å². The van der Waals surface area contributed by atoms with Gasteiger partial charge in [-0.05, 0) is 18.6 Å². The molecule has 1 aromatic rings. The van der Waals surface area contributed by atoms with Crippen LogP contribution < -0.4 is 5.32 Å². The Bertz CT molecular complexity index is 208. The van der Waals surface area contributed by atoms with E-state index in [0.717, 1.165) is 11.4 Å². The normalized spacial score (nSPS) is 9.64. The van der Waals surface area contributed by atoms with Crippen molar-refractivity contribution >= 4 is 5.82 Å². The van der Waals surface area contributed by atoms with E-state index in [4.69, 9.17) is 4.74 Å². The second-order valence-electron chi connectivity index (χ2n) is 2.33. The minimum atomic E-state index is 0.496. The van der Waals surface area contributed by atoms with Crippen LogP contribution in [0.4, 0.5) is 5.82 Å². The van der Waals surface area contributed by atoms with E-state index in [2.05, 4.69) is 10.3 Å². The summed E-state index contributed by atoms with van der Waals surface area (Å²) >= 11 is 0. The molecule has 1 N–H and O–H groups in total. The molecule has 0 spiro atoms. The molecule has 0 atom stereocenters. The highest BCUT2D eigenvalue weighted by Crippen LogP contribution is 2.02. The average Bonchev–Trinajstić information content (AvgIpc) is 2.04. The van der Waals surface area contributed by atoms with Crippen LogP contribution in [0.3, 0.4) is 0 Å². The second-order valence-corrected chi connectivity index (χ2v) is 2.33. The molecule has 0 aliphatic carbocycles. The van der Waals surface area contributed by atoms with Gasteiger partial charge in [-0.2, -0.15) is 0 Å². The molecule has 0 amide bonds. The number of methoxy groups -OCH3 is 1. The maximum absolute atomic E-state index is 4.82. The van der Waals surface area contributed by atoms with E-state index < -0.39 is 0 Å². The third-order valence-corrected chi connectivity index (χ3v) is 1.31. The summed E-state index contributed by atoms with van der Waals surface area (Å²) in [5.41, 5.74) is 1.16. The van der Waals surface area contributed by atoms with E-state index in [1.165, 1.54) is 0 Å². The smallest absolute Gasteiger partial charge is 0.127 e. The summed E-state index contributed by atoms with van der Waals surface area (Å²) in [6, 6.07) is 3.93. The number of hydrogen-bond donors (Lipinski definition) is 1. The fraction of sp³-hybridized carbons (Fsp3) is 0.375. The summed E-state index contributed by atoms with van der Waals surface area (Å²) in [5.74, 6) is 0.845. The zero-order valence-electron chi connectivity index (χ0n) is 6.79. The highest BCUT2D eigenvalue weighted by Gasteiger charge is 1.89. The molecule has 3 nitrogen and oxygen atoms in total. The molecule has 1 aromatic heterocycles. The van der Waals surface area contributed by atoms with E-state index in [1.54, 1.807) is 7.11 Å². The minimum absolute atomic E-state index is 0.496. The van der Waals surface area contributed by atoms with E-state index >= 15 is 0 Å². The Morgan fingerprint density at radius 2 is 2.36 bits per heavy atom. The zero-order valence-corrected chi connectivity index (χ0v) is 6.79. The molecule has 0 bridgehead atoms. The van der Waals surface area contributed by atoms with Crippen molar-refractivity contribution in [3.05, 3.63) is 23.9 Å². The Morgan fingerprint density at radius 3 is 2.91 bits per heavy atom. The first-order chi connectivity index (χ1) is 5.33. The van der Waals surface area contributed by atoms with E-state index in [-0.39, 0.29) is 0 Å². The molecular formula is C8H12N2O. The highest BCUT2D eigenvalue weighted by molar-refractivity contribution is 5.34. The molecular weight excluding hydrogens is 140 g/mol. The summed E-state index contributed by atoms with van der Waals surface area (Å²) in [7, 11) is 1.64. The zero-order chi connectivity index (χ0) is 8.10. The monoisotopic (exact) mass is 152 g/mol. The Kier molecular flexibility index (Phi) is 2.86. The lowest BCUT2D eigenvalue weighted by Gasteiger charge is -2.02. The maximum Gasteiger partial charge on any atom is 0.127 e. The predicted molar refractivity (Wildman–Crippen MR) is 44.5 cm³/mol. The Morgan fingerprint density at radius 1 is 1.55 bits per heavy atom. The van der Waals surface area contributed by atoms with Crippen LogP contribution in [0.5, 0.6) is 0 Å². The van der Waals surface area contributed by atoms with E-state index in [9.17, 15) is 0 Å². The van der Waals surface area contributed by atoms with Gasteiger partial charge in [-0.1, -0.05) is 6.07 Å². The standard InChI is InChI=1S/C8H12N2O/c1-7-3-4-8(9-5-7)10-6-11-2/h3-5H,6H2,1-2H3,(H,9,10). The lowest BCUT2D eigenvalue weighted by molar-refractivity contribution is 0.221. The molecule has 0 fully saturated rings. The summed E-state index contributed by atoms with van der Waals surface area (Å²) in [5, 5.41) is 2.99. The van der Waals surface area contributed by atoms with Gasteiger partial charge in [0.25, 0.3) is 0 Å². The number of ether oxygens (including phenoxy) is 1. The van der Waals surface area contributed by atoms with Gasteiger partial charge in [0, 0.05) is 13.3 Å². The molecule has 0 radical (unpaired) electrons. The predicted octanol–water partition coefficient (Wildman–Crippen LogP) is 1.41. The first kappa shape index (κ1) is 8.01. The Labute approximate surface area is 66.4 Å². The van der Waals surface area contributed by atoms with Crippen LogP contribution >= 0.6 is 0 Å². The van der Waals surface area contributed by atoms with Crippen molar-refractivity contribution in [3.63, 3.8) is 0 Å². The fourth-order valence-corrected chi connectivity index (χ4v) is 0.718. The van der Waals surface area contributed by atoms with Gasteiger partial charge in [0.1, 0.15) is 12.5 Å². The Balaban J connectivity index is 2.52. The molecule has 1 heterocycles. The third-order valence-electron chi connectivity index (χ3n) is 1.31. The molecule has 11 heavy (non-hydrogen) atoms. The molecule has 0 saturated heterocycles. The molecule has 60 valence electrons. The van der Waals surface area contributed by atoms with Crippen LogP contribution in [0.15, 0.2) is 18.3 Å². The van der Waals surface area contributed by atoms with E-state index in [0.29, 0.717) is 6.73 Å². The molecule has 0 saturated carbocycles. The van der Waals surface area contributed by atoms with Gasteiger partial charge in [-0.25, -0.2) is 4.98 Å². The maximum atomic E-state index is 4.82. The molecule has 1 rings (SSSR count). The summed E-state index contributed by atoms with van der Waals surface area (Å²) < 4.78 is 4.82. The van der Waals surface area contributed by atoms with Gasteiger partial charge >= 0.3 is 0 Å². The molecule has 3 heteroatoms. The number of aryl methyl sites for hydroxylation is 1. The summed E-state index contributed by atoms with van der Waals surface area (Å²) in [4.78, 5) is 4.12. The number of nitrogens with zero attached hydrogens (tertiary/aromatic N) is 1. The lowest BCUT2D eigenvalue weighted by Crippen LogP contribution is -2.04. The quantitative estimate of drug-likeness (QED) is 0.665. The van der Waals surface area contributed by atoms with Gasteiger partial charge in [0.2, 0.25) is 0 Å².